The zero-order chi connectivity index (χ0) is 17.6. The zero-order valence-corrected chi connectivity index (χ0v) is 15.6. The number of ether oxygens (including phenoxy) is 1. The van der Waals surface area contributed by atoms with Gasteiger partial charge in [-0.15, -0.1) is 0 Å². The van der Waals surface area contributed by atoms with Crippen LogP contribution in [0, 0.1) is 0 Å². The van der Waals surface area contributed by atoms with Gasteiger partial charge in [0.05, 0.1) is 0 Å². The van der Waals surface area contributed by atoms with E-state index in [0.717, 1.165) is 18.3 Å². The normalized spacial score (nSPS) is 21.8. The van der Waals surface area contributed by atoms with E-state index in [1.54, 1.807) is 0 Å². The van der Waals surface area contributed by atoms with Gasteiger partial charge >= 0.3 is 0 Å². The standard InChI is InChI=1S/C23H30N2O/c1-2-7-21(8-3-1)19-26-23-12-10-20(11-13-23)17-24-14-6-9-22(18-24)25-15-4-5-16-25/h1-3,7-8,10-13,22H,4-6,9,14-19H2/t22-/m0/s1. The smallest absolute Gasteiger partial charge is 0.119 e. The fraction of sp³-hybridized carbons (Fsp3) is 0.478. The molecule has 0 amide bonds. The lowest BCUT2D eigenvalue weighted by Crippen LogP contribution is -2.46. The molecule has 4 rings (SSSR count). The summed E-state index contributed by atoms with van der Waals surface area (Å²) < 4.78 is 5.90. The molecular weight excluding hydrogens is 320 g/mol. The molecule has 1 atom stereocenters. The van der Waals surface area contributed by atoms with Crippen LogP contribution in [0.2, 0.25) is 0 Å². The van der Waals surface area contributed by atoms with Gasteiger partial charge in [0.15, 0.2) is 0 Å². The predicted molar refractivity (Wildman–Crippen MR) is 106 cm³/mol. The molecule has 0 unspecified atom stereocenters. The predicted octanol–water partition coefficient (Wildman–Crippen LogP) is 4.33. The summed E-state index contributed by atoms with van der Waals surface area (Å²) in [7, 11) is 0. The highest BCUT2D eigenvalue weighted by atomic mass is 16.5. The monoisotopic (exact) mass is 350 g/mol. The van der Waals surface area contributed by atoms with Gasteiger partial charge in [-0.25, -0.2) is 0 Å². The van der Waals surface area contributed by atoms with Crippen LogP contribution in [-0.2, 0) is 13.2 Å². The maximum atomic E-state index is 5.90. The molecule has 0 aromatic heterocycles. The molecule has 0 saturated carbocycles. The number of piperidine rings is 1. The van der Waals surface area contributed by atoms with Crippen LogP contribution < -0.4 is 4.74 Å². The Hall–Kier alpha value is -1.84. The first-order chi connectivity index (χ1) is 12.9. The first-order valence-electron chi connectivity index (χ1n) is 10.1. The minimum atomic E-state index is 0.629. The Kier molecular flexibility index (Phi) is 5.88. The summed E-state index contributed by atoms with van der Waals surface area (Å²) in [5.74, 6) is 0.950. The molecule has 0 N–H and O–H groups in total. The van der Waals surface area contributed by atoms with Gasteiger partial charge in [-0.05, 0) is 68.6 Å². The highest BCUT2D eigenvalue weighted by Crippen LogP contribution is 2.22. The van der Waals surface area contributed by atoms with E-state index in [1.807, 2.05) is 6.07 Å². The number of nitrogens with zero attached hydrogens (tertiary/aromatic N) is 2. The largest absolute Gasteiger partial charge is 0.489 e. The van der Waals surface area contributed by atoms with Crippen LogP contribution in [0.4, 0.5) is 0 Å². The Balaban J connectivity index is 1.28. The molecule has 26 heavy (non-hydrogen) atoms. The van der Waals surface area contributed by atoms with Crippen LogP contribution >= 0.6 is 0 Å². The van der Waals surface area contributed by atoms with Crippen molar-refractivity contribution in [3.8, 4) is 5.75 Å². The average Bonchev–Trinajstić information content (AvgIpc) is 3.23. The van der Waals surface area contributed by atoms with Crippen molar-refractivity contribution in [3.63, 3.8) is 0 Å². The van der Waals surface area contributed by atoms with E-state index < -0.39 is 0 Å². The number of hydrogen-bond donors (Lipinski definition) is 0. The van der Waals surface area contributed by atoms with Gasteiger partial charge in [0.2, 0.25) is 0 Å². The summed E-state index contributed by atoms with van der Waals surface area (Å²) in [5.41, 5.74) is 2.59. The summed E-state index contributed by atoms with van der Waals surface area (Å²) in [6, 6.07) is 19.8. The van der Waals surface area contributed by atoms with Gasteiger partial charge in [0.25, 0.3) is 0 Å². The van der Waals surface area contributed by atoms with Gasteiger partial charge < -0.3 is 4.74 Å². The summed E-state index contributed by atoms with van der Waals surface area (Å²) >= 11 is 0. The van der Waals surface area contributed by atoms with Crippen molar-refractivity contribution in [3.05, 3.63) is 65.7 Å². The third kappa shape index (κ3) is 4.66. The van der Waals surface area contributed by atoms with Crippen molar-refractivity contribution < 1.29 is 4.74 Å². The SMILES string of the molecule is c1ccc(COc2ccc(CN3CCC[C@H](N4CCCC4)C3)cc2)cc1. The molecule has 2 heterocycles. The summed E-state index contributed by atoms with van der Waals surface area (Å²) in [4.78, 5) is 5.35. The van der Waals surface area contributed by atoms with E-state index in [9.17, 15) is 0 Å². The highest BCUT2D eigenvalue weighted by molar-refractivity contribution is 5.28. The van der Waals surface area contributed by atoms with E-state index in [4.69, 9.17) is 4.74 Å². The molecule has 2 aromatic rings. The lowest BCUT2D eigenvalue weighted by Gasteiger charge is -2.37. The van der Waals surface area contributed by atoms with Crippen LogP contribution in [0.5, 0.6) is 5.75 Å². The molecule has 0 bridgehead atoms. The third-order valence-electron chi connectivity index (χ3n) is 5.72. The fourth-order valence-corrected chi connectivity index (χ4v) is 4.27. The molecular formula is C23H30N2O. The first-order valence-corrected chi connectivity index (χ1v) is 10.1. The van der Waals surface area contributed by atoms with E-state index in [-0.39, 0.29) is 0 Å². The number of hydrogen-bond acceptors (Lipinski definition) is 3. The van der Waals surface area contributed by atoms with Crippen molar-refractivity contribution in [2.75, 3.05) is 26.2 Å². The van der Waals surface area contributed by atoms with E-state index in [0.29, 0.717) is 6.61 Å². The topological polar surface area (TPSA) is 15.7 Å². The summed E-state index contributed by atoms with van der Waals surface area (Å²) in [5, 5.41) is 0. The molecule has 0 spiro atoms. The zero-order valence-electron chi connectivity index (χ0n) is 15.6. The quantitative estimate of drug-likeness (QED) is 0.771. The molecule has 2 aliphatic heterocycles. The molecule has 2 fully saturated rings. The third-order valence-corrected chi connectivity index (χ3v) is 5.72. The highest BCUT2D eigenvalue weighted by Gasteiger charge is 2.26. The number of benzene rings is 2. The Labute approximate surface area is 157 Å². The summed E-state index contributed by atoms with van der Waals surface area (Å²) in [6.45, 7) is 6.77. The second-order valence-electron chi connectivity index (χ2n) is 7.69. The molecule has 0 radical (unpaired) electrons. The lowest BCUT2D eigenvalue weighted by atomic mass is 10.0. The van der Waals surface area contributed by atoms with Gasteiger partial charge in [0, 0.05) is 19.1 Å². The van der Waals surface area contributed by atoms with E-state index in [1.165, 1.54) is 63.0 Å². The minimum absolute atomic E-state index is 0.629. The fourth-order valence-electron chi connectivity index (χ4n) is 4.27. The average molecular weight is 351 g/mol. The van der Waals surface area contributed by atoms with Crippen LogP contribution in [0.15, 0.2) is 54.6 Å². The van der Waals surface area contributed by atoms with Gasteiger partial charge in [-0.3, -0.25) is 9.80 Å². The van der Waals surface area contributed by atoms with Gasteiger partial charge in [-0.1, -0.05) is 42.5 Å². The van der Waals surface area contributed by atoms with Gasteiger partial charge in [-0.2, -0.15) is 0 Å². The Morgan fingerprint density at radius 1 is 0.808 bits per heavy atom. The Bertz CT molecular complexity index is 664. The summed E-state index contributed by atoms with van der Waals surface area (Å²) in [6.07, 6.45) is 5.49. The van der Waals surface area contributed by atoms with E-state index >= 15 is 0 Å². The maximum Gasteiger partial charge on any atom is 0.119 e. The number of likely N-dealkylation sites (tertiary alicyclic amines) is 2. The Morgan fingerprint density at radius 3 is 2.35 bits per heavy atom. The first kappa shape index (κ1) is 17.6. The Morgan fingerprint density at radius 2 is 1.58 bits per heavy atom. The molecule has 3 heteroatoms. The molecule has 0 aliphatic carbocycles. The van der Waals surface area contributed by atoms with E-state index in [2.05, 4.69) is 58.3 Å². The second kappa shape index (κ2) is 8.70. The van der Waals surface area contributed by atoms with Crippen molar-refractivity contribution in [1.29, 1.82) is 0 Å². The molecule has 2 saturated heterocycles. The second-order valence-corrected chi connectivity index (χ2v) is 7.69. The number of rotatable bonds is 6. The minimum Gasteiger partial charge on any atom is -0.489 e. The van der Waals surface area contributed by atoms with Crippen LogP contribution in [0.3, 0.4) is 0 Å². The molecule has 138 valence electrons. The van der Waals surface area contributed by atoms with Crippen LogP contribution in [0.25, 0.3) is 0 Å². The molecule has 2 aromatic carbocycles. The van der Waals surface area contributed by atoms with Gasteiger partial charge in [0.1, 0.15) is 12.4 Å². The molecule has 3 nitrogen and oxygen atoms in total. The molecule has 2 aliphatic rings. The van der Waals surface area contributed by atoms with Crippen molar-refractivity contribution in [1.82, 2.24) is 9.80 Å². The lowest BCUT2D eigenvalue weighted by molar-refractivity contribution is 0.110. The van der Waals surface area contributed by atoms with Crippen molar-refractivity contribution in [2.24, 2.45) is 0 Å². The maximum absolute atomic E-state index is 5.90. The van der Waals surface area contributed by atoms with Crippen molar-refractivity contribution in [2.45, 2.75) is 44.9 Å². The van der Waals surface area contributed by atoms with Crippen LogP contribution in [0.1, 0.15) is 36.8 Å². The van der Waals surface area contributed by atoms with Crippen LogP contribution in [-0.4, -0.2) is 42.0 Å². The van der Waals surface area contributed by atoms with Crippen molar-refractivity contribution >= 4 is 0 Å².